The van der Waals surface area contributed by atoms with Crippen LogP contribution < -0.4 is 10.2 Å². The predicted molar refractivity (Wildman–Crippen MR) is 312 cm³/mol. The van der Waals surface area contributed by atoms with Gasteiger partial charge in [0, 0.05) is 12.8 Å². The maximum absolute atomic E-state index is 13.5. The van der Waals surface area contributed by atoms with Crippen LogP contribution in [0, 0.1) is 0 Å². The molecule has 73 heavy (non-hydrogen) atoms. The molecule has 0 aliphatic heterocycles. The summed E-state index contributed by atoms with van der Waals surface area (Å²) in [7, 11) is 1.18. The zero-order valence-corrected chi connectivity index (χ0v) is 49.7. The van der Waals surface area contributed by atoms with E-state index in [1.54, 1.807) is 0 Å². The SMILES string of the molecule is CCCCC/C=C\C/C=C\CCCCCCCCCCCC(=O)OC(/C=C/CCCCCCCCCCC)C(COP(=O)([O-])OCC[N+](C)(C)C)NC(=O)CCCCCCCCC/C=C/CCCCCCCC. The number of carbonyl (C=O) groups is 2. The molecule has 10 heteroatoms. The Balaban J connectivity index is 5.23. The predicted octanol–water partition coefficient (Wildman–Crippen LogP) is 18.3. The third kappa shape index (κ3) is 54.6. The standard InChI is InChI=1S/C63H119N2O7P/c1-7-10-13-16-19-22-25-27-29-31-32-34-36-38-41-44-47-50-53-56-63(67)72-61(54-51-48-45-42-39-24-21-18-15-12-9-3)60(59-71-73(68,69)70-58-57-65(4,5)6)64-62(66)55-52-49-46-43-40-37-35-33-30-28-26-23-20-17-14-11-8-2/h19,22,27-30,51,54,60-61H,7-18,20-21,23-26,31-50,52-53,55-59H2,1-6H3,(H-,64,66,68,69)/b22-19-,29-27-,30-28+,54-51+. The quantitative estimate of drug-likeness (QED) is 0.0212. The van der Waals surface area contributed by atoms with Crippen molar-refractivity contribution in [1.29, 1.82) is 0 Å². The van der Waals surface area contributed by atoms with E-state index in [9.17, 15) is 19.0 Å². The van der Waals surface area contributed by atoms with Gasteiger partial charge in [0.05, 0.1) is 33.8 Å². The molecule has 9 nitrogen and oxygen atoms in total. The lowest BCUT2D eigenvalue weighted by Gasteiger charge is -2.30. The molecule has 0 heterocycles. The maximum Gasteiger partial charge on any atom is 0.306 e. The highest BCUT2D eigenvalue weighted by Gasteiger charge is 2.27. The van der Waals surface area contributed by atoms with Gasteiger partial charge in [0.25, 0.3) is 7.82 Å². The van der Waals surface area contributed by atoms with Crippen molar-refractivity contribution in [2.24, 2.45) is 0 Å². The van der Waals surface area contributed by atoms with Crippen molar-refractivity contribution in [1.82, 2.24) is 5.32 Å². The van der Waals surface area contributed by atoms with Crippen LogP contribution in [-0.4, -0.2) is 69.4 Å². The van der Waals surface area contributed by atoms with E-state index in [1.165, 1.54) is 180 Å². The fourth-order valence-electron chi connectivity index (χ4n) is 8.90. The Morgan fingerprint density at radius 3 is 1.27 bits per heavy atom. The molecule has 0 aromatic carbocycles. The molecule has 0 spiro atoms. The lowest BCUT2D eigenvalue weighted by Crippen LogP contribution is -2.47. The average molecular weight is 1050 g/mol. The fraction of sp³-hybridized carbons (Fsp3) is 0.841. The lowest BCUT2D eigenvalue weighted by atomic mass is 10.0. The van der Waals surface area contributed by atoms with Crippen LogP contribution in [0.1, 0.15) is 290 Å². The molecule has 0 rings (SSSR count). The van der Waals surface area contributed by atoms with E-state index in [4.69, 9.17) is 13.8 Å². The third-order valence-corrected chi connectivity index (χ3v) is 14.7. The summed E-state index contributed by atoms with van der Waals surface area (Å²) in [6.07, 6.45) is 65.0. The van der Waals surface area contributed by atoms with Gasteiger partial charge in [-0.1, -0.05) is 237 Å². The number of nitrogens with zero attached hydrogens (tertiary/aromatic N) is 1. The number of ether oxygens (including phenoxy) is 1. The first-order valence-electron chi connectivity index (χ1n) is 30.9. The molecular weight excluding hydrogens is 928 g/mol. The summed E-state index contributed by atoms with van der Waals surface area (Å²) in [5.41, 5.74) is 0. The Bertz CT molecular complexity index is 1390. The minimum Gasteiger partial charge on any atom is -0.756 e. The number of hydrogen-bond donors (Lipinski definition) is 1. The zero-order valence-electron chi connectivity index (χ0n) is 48.8. The third-order valence-electron chi connectivity index (χ3n) is 13.7. The Morgan fingerprint density at radius 1 is 0.479 bits per heavy atom. The van der Waals surface area contributed by atoms with E-state index < -0.39 is 20.0 Å². The van der Waals surface area contributed by atoms with Crippen molar-refractivity contribution in [3.63, 3.8) is 0 Å². The molecule has 428 valence electrons. The van der Waals surface area contributed by atoms with Crippen LogP contribution in [0.25, 0.3) is 0 Å². The number of nitrogens with one attached hydrogen (secondary N) is 1. The van der Waals surface area contributed by atoms with E-state index >= 15 is 0 Å². The Labute approximate surface area is 452 Å². The molecule has 0 radical (unpaired) electrons. The first-order valence-corrected chi connectivity index (χ1v) is 32.4. The molecule has 0 aromatic rings. The van der Waals surface area contributed by atoms with E-state index in [0.717, 1.165) is 77.0 Å². The summed E-state index contributed by atoms with van der Waals surface area (Å²) in [5, 5.41) is 3.03. The number of phosphoric acid groups is 1. The van der Waals surface area contributed by atoms with Gasteiger partial charge in [-0.15, -0.1) is 0 Å². The molecule has 0 aromatic heterocycles. The normalized spacial score (nSPS) is 14.0. The molecule has 3 unspecified atom stereocenters. The van der Waals surface area contributed by atoms with Gasteiger partial charge in [-0.25, -0.2) is 0 Å². The van der Waals surface area contributed by atoms with E-state index in [2.05, 4.69) is 62.5 Å². The second kappa shape index (κ2) is 53.4. The first-order chi connectivity index (χ1) is 35.4. The molecule has 0 bridgehead atoms. The smallest absolute Gasteiger partial charge is 0.306 e. The summed E-state index contributed by atoms with van der Waals surface area (Å²) in [5.74, 6) is -0.544. The van der Waals surface area contributed by atoms with Gasteiger partial charge in [0.1, 0.15) is 19.3 Å². The van der Waals surface area contributed by atoms with Gasteiger partial charge in [-0.2, -0.15) is 0 Å². The number of hydrogen-bond acceptors (Lipinski definition) is 7. The summed E-state index contributed by atoms with van der Waals surface area (Å²) in [6, 6.07) is -0.891. The number of carbonyl (C=O) groups excluding carboxylic acids is 2. The van der Waals surface area contributed by atoms with Gasteiger partial charge in [0.2, 0.25) is 5.91 Å². The number of allylic oxidation sites excluding steroid dienone is 7. The summed E-state index contributed by atoms with van der Waals surface area (Å²) >= 11 is 0. The Morgan fingerprint density at radius 2 is 0.836 bits per heavy atom. The average Bonchev–Trinajstić information content (AvgIpc) is 3.35. The Hall–Kier alpha value is -2.03. The van der Waals surface area contributed by atoms with Crippen molar-refractivity contribution < 1.29 is 37.3 Å². The van der Waals surface area contributed by atoms with Crippen LogP contribution in [0.15, 0.2) is 48.6 Å². The van der Waals surface area contributed by atoms with Gasteiger partial charge in [-0.3, -0.25) is 14.2 Å². The molecule has 0 fully saturated rings. The second-order valence-corrected chi connectivity index (χ2v) is 23.6. The van der Waals surface area contributed by atoms with Gasteiger partial charge >= 0.3 is 5.97 Å². The largest absolute Gasteiger partial charge is 0.756 e. The lowest BCUT2D eigenvalue weighted by molar-refractivity contribution is -0.870. The van der Waals surface area contributed by atoms with Gasteiger partial charge in [0.15, 0.2) is 0 Å². The van der Waals surface area contributed by atoms with Crippen molar-refractivity contribution >= 4 is 19.7 Å². The number of amides is 1. The number of unbranched alkanes of at least 4 members (excludes halogenated alkanes) is 34. The molecule has 1 N–H and O–H groups in total. The zero-order chi connectivity index (χ0) is 53.6. The Kier molecular flexibility index (Phi) is 51.9. The minimum absolute atomic E-state index is 0.0235. The summed E-state index contributed by atoms with van der Waals surface area (Å²) in [4.78, 5) is 39.9. The maximum atomic E-state index is 13.5. The molecule has 0 saturated carbocycles. The minimum atomic E-state index is -4.70. The first kappa shape index (κ1) is 71.0. The topological polar surface area (TPSA) is 114 Å². The van der Waals surface area contributed by atoms with Crippen molar-refractivity contribution in [2.45, 2.75) is 303 Å². The van der Waals surface area contributed by atoms with Crippen LogP contribution in [0.2, 0.25) is 0 Å². The van der Waals surface area contributed by atoms with E-state index in [1.807, 2.05) is 33.3 Å². The highest BCUT2D eigenvalue weighted by atomic mass is 31.2. The molecule has 0 aliphatic carbocycles. The molecule has 0 saturated heterocycles. The second-order valence-electron chi connectivity index (χ2n) is 22.2. The highest BCUT2D eigenvalue weighted by Crippen LogP contribution is 2.38. The van der Waals surface area contributed by atoms with Crippen molar-refractivity contribution in [3.8, 4) is 0 Å². The van der Waals surface area contributed by atoms with Gasteiger partial charge in [-0.05, 0) is 89.5 Å². The van der Waals surface area contributed by atoms with Crippen LogP contribution in [0.3, 0.4) is 0 Å². The number of likely N-dealkylation sites (N-methyl/N-ethyl adjacent to an activating group) is 1. The van der Waals surface area contributed by atoms with Crippen LogP contribution in [-0.2, 0) is 27.9 Å². The number of quaternary nitrogens is 1. The van der Waals surface area contributed by atoms with Crippen LogP contribution >= 0.6 is 7.82 Å². The summed E-state index contributed by atoms with van der Waals surface area (Å²) in [6.45, 7) is 6.82. The van der Waals surface area contributed by atoms with Crippen molar-refractivity contribution in [2.75, 3.05) is 40.9 Å². The van der Waals surface area contributed by atoms with Crippen molar-refractivity contribution in [3.05, 3.63) is 48.6 Å². The molecular formula is C63H119N2O7P. The monoisotopic (exact) mass is 1050 g/mol. The van der Waals surface area contributed by atoms with E-state index in [0.29, 0.717) is 17.4 Å². The molecule has 1 amide bonds. The fourth-order valence-corrected chi connectivity index (χ4v) is 9.62. The summed E-state index contributed by atoms with van der Waals surface area (Å²) < 4.78 is 30.3. The number of esters is 1. The van der Waals surface area contributed by atoms with Gasteiger partial charge < -0.3 is 28.5 Å². The highest BCUT2D eigenvalue weighted by molar-refractivity contribution is 7.45. The van der Waals surface area contributed by atoms with E-state index in [-0.39, 0.29) is 31.5 Å². The van der Waals surface area contributed by atoms with Crippen LogP contribution in [0.5, 0.6) is 0 Å². The van der Waals surface area contributed by atoms with Crippen LogP contribution in [0.4, 0.5) is 0 Å². The number of phosphoric ester groups is 1. The molecule has 0 aliphatic rings. The molecule has 3 atom stereocenters. The number of rotatable bonds is 56.